The van der Waals surface area contributed by atoms with Crippen molar-refractivity contribution in [2.24, 2.45) is 0 Å². The Morgan fingerprint density at radius 1 is 1.16 bits per heavy atom. The van der Waals surface area contributed by atoms with Crippen LogP contribution in [0.1, 0.15) is 24.5 Å². The Morgan fingerprint density at radius 3 is 2.79 bits per heavy atom. The van der Waals surface area contributed by atoms with Crippen LogP contribution in [0.3, 0.4) is 0 Å². The van der Waals surface area contributed by atoms with Crippen LogP contribution >= 0.6 is 0 Å². The van der Waals surface area contributed by atoms with E-state index in [1.165, 1.54) is 0 Å². The van der Waals surface area contributed by atoms with E-state index >= 15 is 0 Å². The lowest BCUT2D eigenvalue weighted by molar-refractivity contribution is 0.467. The Balaban J connectivity index is 1.93. The van der Waals surface area contributed by atoms with Crippen molar-refractivity contribution in [3.05, 3.63) is 54.1 Å². The van der Waals surface area contributed by atoms with E-state index in [4.69, 9.17) is 4.42 Å². The molecule has 4 nitrogen and oxygen atoms in total. The van der Waals surface area contributed by atoms with Crippen LogP contribution in [-0.4, -0.2) is 10.2 Å². The van der Waals surface area contributed by atoms with E-state index < -0.39 is 0 Å². The summed E-state index contributed by atoms with van der Waals surface area (Å²) >= 11 is 0. The monoisotopic (exact) mass is 253 g/mol. The number of benzene rings is 1. The normalized spacial score (nSPS) is 12.5. The molecule has 0 saturated carbocycles. The second-order valence-corrected chi connectivity index (χ2v) is 4.59. The van der Waals surface area contributed by atoms with Crippen molar-refractivity contribution in [2.45, 2.75) is 19.9 Å². The first-order valence-corrected chi connectivity index (χ1v) is 6.27. The highest BCUT2D eigenvalue weighted by atomic mass is 16.3. The molecule has 3 aromatic rings. The molecule has 19 heavy (non-hydrogen) atoms. The molecule has 0 fully saturated rings. The number of rotatable bonds is 3. The molecule has 1 N–H and O–H groups in total. The Hall–Kier alpha value is -2.36. The minimum Gasteiger partial charge on any atom is -0.464 e. The van der Waals surface area contributed by atoms with Gasteiger partial charge < -0.3 is 9.73 Å². The molecule has 2 aromatic heterocycles. The summed E-state index contributed by atoms with van der Waals surface area (Å²) < 4.78 is 5.63. The number of aromatic nitrogens is 2. The van der Waals surface area contributed by atoms with Crippen molar-refractivity contribution in [1.29, 1.82) is 0 Å². The lowest BCUT2D eigenvalue weighted by atomic mass is 10.2. The third-order valence-electron chi connectivity index (χ3n) is 3.11. The zero-order valence-corrected chi connectivity index (χ0v) is 10.9. The summed E-state index contributed by atoms with van der Waals surface area (Å²) in [6, 6.07) is 12.0. The average Bonchev–Trinajstić information content (AvgIpc) is 2.86. The molecule has 0 radical (unpaired) electrons. The number of nitrogens with one attached hydrogen (secondary N) is 1. The minimum absolute atomic E-state index is 0.0845. The molecule has 0 saturated heterocycles. The maximum absolute atomic E-state index is 5.63. The number of fused-ring (bicyclic) bond motifs is 1. The van der Waals surface area contributed by atoms with Crippen molar-refractivity contribution < 1.29 is 4.42 Å². The minimum atomic E-state index is 0.0845. The standard InChI is InChI=1S/C15H15N3O/c1-10-7-8-15(19-10)11(2)17-14-9-16-18-13-6-4-3-5-12(13)14/h3-9,11H,1-2H3,(H,17,18). The van der Waals surface area contributed by atoms with Gasteiger partial charge in [-0.05, 0) is 32.0 Å². The molecule has 0 aliphatic heterocycles. The maximum atomic E-state index is 5.63. The molecule has 96 valence electrons. The second kappa shape index (κ2) is 4.72. The van der Waals surface area contributed by atoms with Crippen molar-refractivity contribution in [1.82, 2.24) is 10.2 Å². The Bertz CT molecular complexity index is 700. The van der Waals surface area contributed by atoms with Crippen LogP contribution in [0.15, 0.2) is 47.0 Å². The Morgan fingerprint density at radius 2 is 2.00 bits per heavy atom. The van der Waals surface area contributed by atoms with Crippen molar-refractivity contribution in [2.75, 3.05) is 5.32 Å². The van der Waals surface area contributed by atoms with Crippen molar-refractivity contribution >= 4 is 16.6 Å². The molecular formula is C15H15N3O. The van der Waals surface area contributed by atoms with Crippen LogP contribution in [-0.2, 0) is 0 Å². The van der Waals surface area contributed by atoms with Gasteiger partial charge in [-0.3, -0.25) is 0 Å². The first-order valence-electron chi connectivity index (χ1n) is 6.27. The number of anilines is 1. The van der Waals surface area contributed by atoms with Gasteiger partial charge in [-0.25, -0.2) is 0 Å². The predicted molar refractivity (Wildman–Crippen MR) is 75.0 cm³/mol. The fraction of sp³-hybridized carbons (Fsp3) is 0.200. The topological polar surface area (TPSA) is 51.0 Å². The predicted octanol–water partition coefficient (Wildman–Crippen LogP) is 3.70. The second-order valence-electron chi connectivity index (χ2n) is 4.59. The van der Waals surface area contributed by atoms with E-state index in [0.29, 0.717) is 0 Å². The fourth-order valence-electron chi connectivity index (χ4n) is 2.11. The summed E-state index contributed by atoms with van der Waals surface area (Å²) in [5.41, 5.74) is 1.85. The number of nitrogens with zero attached hydrogens (tertiary/aromatic N) is 2. The molecule has 1 atom stereocenters. The number of hydrogen-bond donors (Lipinski definition) is 1. The Labute approximate surface area is 111 Å². The zero-order chi connectivity index (χ0) is 13.2. The van der Waals surface area contributed by atoms with Gasteiger partial charge in [0, 0.05) is 5.39 Å². The van der Waals surface area contributed by atoms with E-state index in [0.717, 1.165) is 28.1 Å². The van der Waals surface area contributed by atoms with Crippen LogP contribution in [0.2, 0.25) is 0 Å². The summed E-state index contributed by atoms with van der Waals surface area (Å²) in [6.07, 6.45) is 1.74. The molecule has 2 heterocycles. The van der Waals surface area contributed by atoms with Gasteiger partial charge in [0.05, 0.1) is 23.4 Å². The van der Waals surface area contributed by atoms with E-state index in [2.05, 4.69) is 22.4 Å². The molecule has 1 unspecified atom stereocenters. The van der Waals surface area contributed by atoms with Gasteiger partial charge in [0.1, 0.15) is 11.5 Å². The molecular weight excluding hydrogens is 238 g/mol. The van der Waals surface area contributed by atoms with Gasteiger partial charge in [0.15, 0.2) is 0 Å². The van der Waals surface area contributed by atoms with Gasteiger partial charge in [-0.1, -0.05) is 18.2 Å². The first kappa shape index (κ1) is 11.7. The van der Waals surface area contributed by atoms with Crippen LogP contribution in [0.5, 0.6) is 0 Å². The Kier molecular flexibility index (Phi) is 2.91. The molecule has 0 amide bonds. The van der Waals surface area contributed by atoms with Gasteiger partial charge >= 0.3 is 0 Å². The highest BCUT2D eigenvalue weighted by Gasteiger charge is 2.11. The smallest absolute Gasteiger partial charge is 0.126 e. The highest BCUT2D eigenvalue weighted by Crippen LogP contribution is 2.25. The third-order valence-corrected chi connectivity index (χ3v) is 3.11. The fourth-order valence-corrected chi connectivity index (χ4v) is 2.11. The van der Waals surface area contributed by atoms with E-state index in [-0.39, 0.29) is 6.04 Å². The molecule has 4 heteroatoms. The lowest BCUT2D eigenvalue weighted by Gasteiger charge is -2.14. The molecule has 0 bridgehead atoms. The first-order chi connectivity index (χ1) is 9.24. The van der Waals surface area contributed by atoms with Crippen LogP contribution < -0.4 is 5.32 Å². The highest BCUT2D eigenvalue weighted by molar-refractivity contribution is 5.90. The third kappa shape index (κ3) is 2.29. The van der Waals surface area contributed by atoms with Crippen LogP contribution in [0.25, 0.3) is 10.9 Å². The average molecular weight is 253 g/mol. The molecule has 0 spiro atoms. The van der Waals surface area contributed by atoms with Gasteiger partial charge in [-0.2, -0.15) is 10.2 Å². The van der Waals surface area contributed by atoms with Gasteiger partial charge in [-0.15, -0.1) is 0 Å². The lowest BCUT2D eigenvalue weighted by Crippen LogP contribution is -2.06. The van der Waals surface area contributed by atoms with E-state index in [1.54, 1.807) is 6.20 Å². The molecule has 3 rings (SSSR count). The quantitative estimate of drug-likeness (QED) is 0.773. The summed E-state index contributed by atoms with van der Waals surface area (Å²) in [4.78, 5) is 0. The van der Waals surface area contributed by atoms with Crippen LogP contribution in [0.4, 0.5) is 5.69 Å². The SMILES string of the molecule is Cc1ccc(C(C)Nc2cnnc3ccccc23)o1. The maximum Gasteiger partial charge on any atom is 0.126 e. The molecule has 0 aliphatic rings. The molecule has 0 aliphatic carbocycles. The summed E-state index contributed by atoms with van der Waals surface area (Å²) in [6.45, 7) is 4.01. The van der Waals surface area contributed by atoms with Gasteiger partial charge in [0.2, 0.25) is 0 Å². The van der Waals surface area contributed by atoms with Crippen molar-refractivity contribution in [3.8, 4) is 0 Å². The van der Waals surface area contributed by atoms with Gasteiger partial charge in [0.25, 0.3) is 0 Å². The summed E-state index contributed by atoms with van der Waals surface area (Å²) in [5.74, 6) is 1.83. The molecule has 1 aromatic carbocycles. The number of aryl methyl sites for hydroxylation is 1. The van der Waals surface area contributed by atoms with E-state index in [1.807, 2.05) is 43.3 Å². The van der Waals surface area contributed by atoms with Crippen LogP contribution in [0, 0.1) is 6.92 Å². The summed E-state index contributed by atoms with van der Waals surface area (Å²) in [5, 5.41) is 12.6. The number of hydrogen-bond acceptors (Lipinski definition) is 4. The van der Waals surface area contributed by atoms with E-state index in [9.17, 15) is 0 Å². The number of furan rings is 1. The largest absolute Gasteiger partial charge is 0.464 e. The summed E-state index contributed by atoms with van der Waals surface area (Å²) in [7, 11) is 0. The van der Waals surface area contributed by atoms with Crippen molar-refractivity contribution in [3.63, 3.8) is 0 Å². The zero-order valence-electron chi connectivity index (χ0n) is 10.9.